The molecule has 0 bridgehead atoms. The van der Waals surface area contributed by atoms with Gasteiger partial charge in [0, 0.05) is 38.3 Å². The minimum atomic E-state index is -3.97. The van der Waals surface area contributed by atoms with Gasteiger partial charge in [-0.1, -0.05) is 18.5 Å². The maximum Gasteiger partial charge on any atom is 0.253 e. The summed E-state index contributed by atoms with van der Waals surface area (Å²) >= 11 is 5.87. The lowest BCUT2D eigenvalue weighted by Gasteiger charge is -2.23. The van der Waals surface area contributed by atoms with Crippen LogP contribution in [0.15, 0.2) is 52.3 Å². The van der Waals surface area contributed by atoms with Crippen molar-refractivity contribution < 1.29 is 27.5 Å². The third-order valence-electron chi connectivity index (χ3n) is 4.69. The van der Waals surface area contributed by atoms with E-state index in [9.17, 15) is 18.0 Å². The lowest BCUT2D eigenvalue weighted by molar-refractivity contribution is -0.116. The Hall–Kier alpha value is -2.46. The fraction of sp³-hybridized carbons (Fsp3) is 0.364. The number of ether oxygens (including phenoxy) is 2. The molecule has 0 aliphatic heterocycles. The highest BCUT2D eigenvalue weighted by molar-refractivity contribution is 7.91. The first-order valence-electron chi connectivity index (χ1n) is 9.89. The molecule has 0 unspecified atom stereocenters. The van der Waals surface area contributed by atoms with E-state index in [1.54, 1.807) is 7.05 Å². The number of anilines is 1. The molecule has 2 amide bonds. The maximum absolute atomic E-state index is 13.2. The molecule has 1 N–H and O–H groups in total. The molecule has 10 heteroatoms. The van der Waals surface area contributed by atoms with Crippen molar-refractivity contribution in [2.75, 3.05) is 33.1 Å². The summed E-state index contributed by atoms with van der Waals surface area (Å²) < 4.78 is 36.7. The Morgan fingerprint density at radius 3 is 2.28 bits per heavy atom. The fourth-order valence-electron chi connectivity index (χ4n) is 2.95. The highest BCUT2D eigenvalue weighted by Crippen LogP contribution is 2.30. The van der Waals surface area contributed by atoms with Gasteiger partial charge < -0.3 is 19.7 Å². The van der Waals surface area contributed by atoms with E-state index in [4.69, 9.17) is 21.1 Å². The van der Waals surface area contributed by atoms with E-state index in [-0.39, 0.29) is 45.8 Å². The number of hydrogen-bond acceptors (Lipinski definition) is 6. The van der Waals surface area contributed by atoms with Crippen molar-refractivity contribution in [2.45, 2.75) is 35.8 Å². The number of nitrogens with zero attached hydrogens (tertiary/aromatic N) is 1. The number of sulfone groups is 1. The van der Waals surface area contributed by atoms with Crippen LogP contribution in [0.5, 0.6) is 0 Å². The quantitative estimate of drug-likeness (QED) is 0.519. The van der Waals surface area contributed by atoms with Crippen LogP contribution in [0.1, 0.15) is 30.1 Å². The summed E-state index contributed by atoms with van der Waals surface area (Å²) in [5.74, 6) is -0.734. The summed E-state index contributed by atoms with van der Waals surface area (Å²) in [7, 11) is 0.521. The second-order valence-electron chi connectivity index (χ2n) is 7.05. The summed E-state index contributed by atoms with van der Waals surface area (Å²) in [6, 6.07) is 9.80. The summed E-state index contributed by atoms with van der Waals surface area (Å²) in [4.78, 5) is 26.4. The molecule has 0 aliphatic rings. The van der Waals surface area contributed by atoms with Crippen molar-refractivity contribution >= 4 is 38.9 Å². The second kappa shape index (κ2) is 11.4. The van der Waals surface area contributed by atoms with Gasteiger partial charge in [-0.25, -0.2) is 8.42 Å². The van der Waals surface area contributed by atoms with Crippen LogP contribution in [-0.2, 0) is 24.1 Å². The number of likely N-dealkylation sites (N-methyl/N-ethyl adjacent to an activating group) is 1. The van der Waals surface area contributed by atoms with Gasteiger partial charge in [-0.3, -0.25) is 9.59 Å². The Balaban J connectivity index is 2.48. The smallest absolute Gasteiger partial charge is 0.253 e. The molecule has 2 aromatic rings. The molecule has 0 fully saturated rings. The number of halogens is 1. The number of rotatable bonds is 10. The molecule has 0 aliphatic carbocycles. The molecule has 0 heterocycles. The average Bonchev–Trinajstić information content (AvgIpc) is 2.77. The molecule has 0 atom stereocenters. The van der Waals surface area contributed by atoms with E-state index in [1.807, 2.05) is 6.92 Å². The number of methoxy groups -OCH3 is 2. The van der Waals surface area contributed by atoms with Gasteiger partial charge in [0.25, 0.3) is 5.91 Å². The molecule has 8 nitrogen and oxygen atoms in total. The highest BCUT2D eigenvalue weighted by atomic mass is 35.5. The Bertz CT molecular complexity index is 1050. The van der Waals surface area contributed by atoms with Crippen molar-refractivity contribution in [1.29, 1.82) is 0 Å². The Labute approximate surface area is 193 Å². The topological polar surface area (TPSA) is 102 Å². The zero-order valence-corrected chi connectivity index (χ0v) is 20.0. The molecule has 0 saturated heterocycles. The number of benzene rings is 2. The van der Waals surface area contributed by atoms with Crippen LogP contribution < -0.4 is 5.32 Å². The second-order valence-corrected chi connectivity index (χ2v) is 9.41. The monoisotopic (exact) mass is 482 g/mol. The normalized spacial score (nSPS) is 11.4. The Morgan fingerprint density at radius 2 is 1.72 bits per heavy atom. The minimum absolute atomic E-state index is 0.0205. The van der Waals surface area contributed by atoms with Crippen LogP contribution in [0.2, 0.25) is 5.02 Å². The van der Waals surface area contributed by atoms with Crippen molar-refractivity contribution in [3.05, 3.63) is 53.1 Å². The van der Waals surface area contributed by atoms with Crippen LogP contribution in [0.4, 0.5) is 5.69 Å². The Morgan fingerprint density at radius 1 is 1.09 bits per heavy atom. The van der Waals surface area contributed by atoms with E-state index in [2.05, 4.69) is 5.32 Å². The lowest BCUT2D eigenvalue weighted by Crippen LogP contribution is -2.36. The number of carbonyl (C=O) groups excluding carboxylic acids is 2. The van der Waals surface area contributed by atoms with Crippen LogP contribution in [0, 0.1) is 0 Å². The third-order valence-corrected chi connectivity index (χ3v) is 6.77. The van der Waals surface area contributed by atoms with Gasteiger partial charge in [-0.2, -0.15) is 0 Å². The summed E-state index contributed by atoms with van der Waals surface area (Å²) in [6.07, 6.45) is 0.182. The number of carbonyl (C=O) groups is 2. The first-order chi connectivity index (χ1) is 15.1. The predicted molar refractivity (Wildman–Crippen MR) is 122 cm³/mol. The van der Waals surface area contributed by atoms with Crippen LogP contribution in [0.3, 0.4) is 0 Å². The van der Waals surface area contributed by atoms with Gasteiger partial charge in [-0.15, -0.1) is 0 Å². The fourth-order valence-corrected chi connectivity index (χ4v) is 4.47. The van der Waals surface area contributed by atoms with Gasteiger partial charge >= 0.3 is 0 Å². The van der Waals surface area contributed by atoms with Gasteiger partial charge in [0.2, 0.25) is 15.7 Å². The molecular formula is C22H27ClN2O6S. The van der Waals surface area contributed by atoms with Gasteiger partial charge in [0.05, 0.1) is 22.0 Å². The molecule has 0 aromatic heterocycles. The lowest BCUT2D eigenvalue weighted by atomic mass is 10.1. The molecule has 2 aromatic carbocycles. The molecular weight excluding hydrogens is 456 g/mol. The molecule has 2 rings (SSSR count). The number of nitrogens with one attached hydrogen (secondary N) is 1. The van der Waals surface area contributed by atoms with Crippen LogP contribution in [0.25, 0.3) is 0 Å². The summed E-state index contributed by atoms with van der Waals surface area (Å²) in [5.41, 5.74) is 0.244. The van der Waals surface area contributed by atoms with E-state index in [0.29, 0.717) is 11.4 Å². The van der Waals surface area contributed by atoms with Gasteiger partial charge in [0.1, 0.15) is 0 Å². The zero-order valence-electron chi connectivity index (χ0n) is 18.4. The maximum atomic E-state index is 13.2. The van der Waals surface area contributed by atoms with E-state index >= 15 is 0 Å². The molecule has 0 saturated carbocycles. The van der Waals surface area contributed by atoms with Crippen LogP contribution >= 0.6 is 11.6 Å². The molecule has 174 valence electrons. The van der Waals surface area contributed by atoms with Crippen molar-refractivity contribution in [1.82, 2.24) is 4.90 Å². The molecule has 32 heavy (non-hydrogen) atoms. The van der Waals surface area contributed by atoms with Gasteiger partial charge in [-0.05, 0) is 48.9 Å². The summed E-state index contributed by atoms with van der Waals surface area (Å²) in [6.45, 7) is 2.00. The Kier molecular flexibility index (Phi) is 9.21. The standard InChI is InChI=1S/C22H27ClN2O6S/c1-5-6-20(26)24-18-13-15(22(27)25(2)14-21(30-3)31-4)7-12-19(18)32(28,29)17-10-8-16(23)9-11-17/h7-13,21H,5-6,14H2,1-4H3,(H,24,26). The number of amides is 2. The SMILES string of the molecule is CCCC(=O)Nc1cc(C(=O)N(C)CC(OC)OC)ccc1S(=O)(=O)c1ccc(Cl)cc1. The van der Waals surface area contributed by atoms with Crippen molar-refractivity contribution in [3.8, 4) is 0 Å². The third kappa shape index (κ3) is 6.29. The van der Waals surface area contributed by atoms with E-state index < -0.39 is 16.1 Å². The largest absolute Gasteiger partial charge is 0.354 e. The van der Waals surface area contributed by atoms with Crippen molar-refractivity contribution in [2.24, 2.45) is 0 Å². The first kappa shape index (κ1) is 25.8. The highest BCUT2D eigenvalue weighted by Gasteiger charge is 2.25. The van der Waals surface area contributed by atoms with Crippen LogP contribution in [-0.4, -0.2) is 59.2 Å². The van der Waals surface area contributed by atoms with E-state index in [1.165, 1.54) is 61.6 Å². The molecule has 0 spiro atoms. The minimum Gasteiger partial charge on any atom is -0.354 e. The summed E-state index contributed by atoms with van der Waals surface area (Å²) in [5, 5.41) is 3.03. The van der Waals surface area contributed by atoms with Gasteiger partial charge in [0.15, 0.2) is 6.29 Å². The van der Waals surface area contributed by atoms with E-state index in [0.717, 1.165) is 0 Å². The number of hydrogen-bond donors (Lipinski definition) is 1. The first-order valence-corrected chi connectivity index (χ1v) is 11.8. The van der Waals surface area contributed by atoms with Crippen molar-refractivity contribution in [3.63, 3.8) is 0 Å². The predicted octanol–water partition coefficient (Wildman–Crippen LogP) is 3.60. The zero-order chi connectivity index (χ0) is 23.9. The average molecular weight is 483 g/mol. The molecule has 0 radical (unpaired) electrons.